The lowest BCUT2D eigenvalue weighted by Crippen LogP contribution is -2.02. The van der Waals surface area contributed by atoms with Gasteiger partial charge < -0.3 is 14.9 Å². The van der Waals surface area contributed by atoms with Crippen molar-refractivity contribution < 1.29 is 9.15 Å². The van der Waals surface area contributed by atoms with Crippen LogP contribution in [0.1, 0.15) is 30.6 Å². The van der Waals surface area contributed by atoms with Crippen LogP contribution >= 0.6 is 0 Å². The highest BCUT2D eigenvalue weighted by Crippen LogP contribution is 2.32. The van der Waals surface area contributed by atoms with Gasteiger partial charge in [0.05, 0.1) is 0 Å². The van der Waals surface area contributed by atoms with Gasteiger partial charge in [0.25, 0.3) is 0 Å². The van der Waals surface area contributed by atoms with Crippen molar-refractivity contribution in [3.63, 3.8) is 0 Å². The Morgan fingerprint density at radius 2 is 2.11 bits per heavy atom. The lowest BCUT2D eigenvalue weighted by Gasteiger charge is -2.03. The van der Waals surface area contributed by atoms with Crippen molar-refractivity contribution in [2.75, 3.05) is 6.61 Å². The van der Waals surface area contributed by atoms with Crippen molar-refractivity contribution in [1.82, 2.24) is 0 Å². The number of nitrogens with two attached hydrogens (primary N) is 1. The van der Waals surface area contributed by atoms with Gasteiger partial charge in [-0.15, -0.1) is 0 Å². The third kappa shape index (κ3) is 2.42. The molecule has 1 aliphatic rings. The molecule has 1 saturated carbocycles. The fourth-order valence-corrected chi connectivity index (χ4v) is 2.31. The van der Waals surface area contributed by atoms with Gasteiger partial charge in [0.2, 0.25) is 0 Å². The first-order chi connectivity index (χ1) is 8.88. The Kier molecular flexibility index (Phi) is 3.35. The fourth-order valence-electron chi connectivity index (χ4n) is 2.31. The first kappa shape index (κ1) is 11.8. The molecule has 0 spiro atoms. The number of fused-ring (bicyclic) bond motifs is 1. The highest BCUT2D eigenvalue weighted by molar-refractivity contribution is 5.82. The van der Waals surface area contributed by atoms with E-state index in [1.807, 2.05) is 18.2 Å². The number of furan rings is 1. The Balaban J connectivity index is 1.69. The van der Waals surface area contributed by atoms with Crippen LogP contribution < -0.4 is 5.73 Å². The second kappa shape index (κ2) is 5.12. The van der Waals surface area contributed by atoms with E-state index in [-0.39, 0.29) is 0 Å². The maximum absolute atomic E-state index is 5.81. The van der Waals surface area contributed by atoms with E-state index in [2.05, 4.69) is 6.07 Å². The van der Waals surface area contributed by atoms with Gasteiger partial charge in [-0.05, 0) is 18.4 Å². The molecular weight excluding hydrogens is 226 g/mol. The zero-order valence-electron chi connectivity index (χ0n) is 10.5. The van der Waals surface area contributed by atoms with E-state index in [9.17, 15) is 0 Å². The quantitative estimate of drug-likeness (QED) is 0.795. The molecular formula is C15H19NO2. The van der Waals surface area contributed by atoms with E-state index < -0.39 is 0 Å². The van der Waals surface area contributed by atoms with Crippen LogP contribution in [-0.2, 0) is 17.9 Å². The molecule has 0 amide bonds. The number of ether oxygens (including phenoxy) is 1. The highest BCUT2D eigenvalue weighted by atomic mass is 16.5. The average molecular weight is 245 g/mol. The van der Waals surface area contributed by atoms with Crippen LogP contribution in [0.2, 0.25) is 0 Å². The number of benzene rings is 1. The largest absolute Gasteiger partial charge is 0.458 e. The second-order valence-corrected chi connectivity index (χ2v) is 4.99. The Morgan fingerprint density at radius 3 is 2.89 bits per heavy atom. The number of rotatable bonds is 6. The number of hydrogen-bond acceptors (Lipinski definition) is 3. The molecule has 0 saturated heterocycles. The highest BCUT2D eigenvalue weighted by Gasteiger charge is 2.20. The van der Waals surface area contributed by atoms with Crippen molar-refractivity contribution in [2.45, 2.75) is 32.4 Å². The minimum Gasteiger partial charge on any atom is -0.458 e. The van der Waals surface area contributed by atoms with Gasteiger partial charge in [-0.2, -0.15) is 0 Å². The van der Waals surface area contributed by atoms with Gasteiger partial charge in [-0.3, -0.25) is 0 Å². The molecule has 0 unspecified atom stereocenters. The summed E-state index contributed by atoms with van der Waals surface area (Å²) in [5.74, 6) is 1.80. The van der Waals surface area contributed by atoms with Crippen LogP contribution in [-0.4, -0.2) is 6.61 Å². The molecule has 0 bridgehead atoms. The van der Waals surface area contributed by atoms with Crippen molar-refractivity contribution in [2.24, 2.45) is 11.7 Å². The van der Waals surface area contributed by atoms with Gasteiger partial charge in [-0.1, -0.05) is 31.0 Å². The minimum absolute atomic E-state index is 0.498. The van der Waals surface area contributed by atoms with Gasteiger partial charge in [-0.25, -0.2) is 0 Å². The molecule has 1 heterocycles. The second-order valence-electron chi connectivity index (χ2n) is 4.99. The molecule has 0 atom stereocenters. The van der Waals surface area contributed by atoms with Gasteiger partial charge in [0, 0.05) is 24.1 Å². The summed E-state index contributed by atoms with van der Waals surface area (Å²) in [7, 11) is 0. The number of para-hydroxylation sites is 1. The molecule has 1 fully saturated rings. The summed E-state index contributed by atoms with van der Waals surface area (Å²) in [6, 6.07) is 8.01. The molecule has 0 radical (unpaired) electrons. The standard InChI is InChI=1S/C15H19NO2/c16-9-13-12-3-1-2-4-14(12)18-15(13)10-17-8-7-11-5-6-11/h1-4,11H,5-10,16H2. The van der Waals surface area contributed by atoms with Crippen molar-refractivity contribution in [3.05, 3.63) is 35.6 Å². The fraction of sp³-hybridized carbons (Fsp3) is 0.467. The summed E-state index contributed by atoms with van der Waals surface area (Å²) in [4.78, 5) is 0. The summed E-state index contributed by atoms with van der Waals surface area (Å²) in [6.07, 6.45) is 3.93. The van der Waals surface area contributed by atoms with Crippen LogP contribution in [0.15, 0.2) is 28.7 Å². The lowest BCUT2D eigenvalue weighted by molar-refractivity contribution is 0.101. The summed E-state index contributed by atoms with van der Waals surface area (Å²) in [5, 5.41) is 1.11. The lowest BCUT2D eigenvalue weighted by atomic mass is 10.1. The van der Waals surface area contributed by atoms with Crippen molar-refractivity contribution >= 4 is 11.0 Å². The first-order valence-electron chi connectivity index (χ1n) is 6.65. The van der Waals surface area contributed by atoms with E-state index in [0.29, 0.717) is 13.2 Å². The monoisotopic (exact) mass is 245 g/mol. The molecule has 3 rings (SSSR count). The molecule has 1 aliphatic carbocycles. The van der Waals surface area contributed by atoms with Gasteiger partial charge in [0.15, 0.2) is 0 Å². The Bertz CT molecular complexity index is 528. The van der Waals surface area contributed by atoms with E-state index in [1.54, 1.807) is 0 Å². The first-order valence-corrected chi connectivity index (χ1v) is 6.65. The van der Waals surface area contributed by atoms with Crippen LogP contribution in [0, 0.1) is 5.92 Å². The third-order valence-corrected chi connectivity index (χ3v) is 3.59. The minimum atomic E-state index is 0.498. The van der Waals surface area contributed by atoms with Crippen molar-refractivity contribution in [1.29, 1.82) is 0 Å². The SMILES string of the molecule is NCc1c(COCCC2CC2)oc2ccccc12. The normalized spacial score (nSPS) is 15.4. The van der Waals surface area contributed by atoms with E-state index in [1.165, 1.54) is 19.3 Å². The summed E-state index contributed by atoms with van der Waals surface area (Å²) in [6.45, 7) is 1.86. The molecule has 1 aromatic heterocycles. The predicted molar refractivity (Wildman–Crippen MR) is 71.1 cm³/mol. The molecule has 18 heavy (non-hydrogen) atoms. The third-order valence-electron chi connectivity index (χ3n) is 3.59. The van der Waals surface area contributed by atoms with Gasteiger partial charge in [0.1, 0.15) is 18.0 Å². The molecule has 96 valence electrons. The maximum Gasteiger partial charge on any atom is 0.135 e. The Labute approximate surface area is 107 Å². The topological polar surface area (TPSA) is 48.4 Å². The summed E-state index contributed by atoms with van der Waals surface area (Å²) in [5.41, 5.74) is 7.79. The van der Waals surface area contributed by atoms with Crippen LogP contribution in [0.5, 0.6) is 0 Å². The molecule has 3 nitrogen and oxygen atoms in total. The van der Waals surface area contributed by atoms with Crippen LogP contribution in [0.3, 0.4) is 0 Å². The van der Waals surface area contributed by atoms with Crippen LogP contribution in [0.4, 0.5) is 0 Å². The van der Waals surface area contributed by atoms with Crippen LogP contribution in [0.25, 0.3) is 11.0 Å². The smallest absolute Gasteiger partial charge is 0.135 e. The summed E-state index contributed by atoms with van der Waals surface area (Å²) >= 11 is 0. The van der Waals surface area contributed by atoms with Crippen molar-refractivity contribution in [3.8, 4) is 0 Å². The molecule has 3 heteroatoms. The van der Waals surface area contributed by atoms with E-state index in [4.69, 9.17) is 14.9 Å². The van der Waals surface area contributed by atoms with E-state index >= 15 is 0 Å². The predicted octanol–water partition coefficient (Wildman–Crippen LogP) is 3.21. The molecule has 2 N–H and O–H groups in total. The Morgan fingerprint density at radius 1 is 1.28 bits per heavy atom. The number of hydrogen-bond donors (Lipinski definition) is 1. The molecule has 1 aromatic carbocycles. The van der Waals surface area contributed by atoms with E-state index in [0.717, 1.165) is 34.8 Å². The zero-order chi connectivity index (χ0) is 12.4. The average Bonchev–Trinajstić information content (AvgIpc) is 3.14. The Hall–Kier alpha value is -1.32. The zero-order valence-corrected chi connectivity index (χ0v) is 10.5. The summed E-state index contributed by atoms with van der Waals surface area (Å²) < 4.78 is 11.5. The molecule has 2 aromatic rings. The molecule has 0 aliphatic heterocycles. The maximum atomic E-state index is 5.81. The van der Waals surface area contributed by atoms with Gasteiger partial charge >= 0.3 is 0 Å².